The average Bonchev–Trinajstić information content (AvgIpc) is 2.48. The van der Waals surface area contributed by atoms with E-state index in [1.165, 1.54) is 0 Å². The first-order chi connectivity index (χ1) is 9.29. The first-order valence-electron chi connectivity index (χ1n) is 6.39. The Morgan fingerprint density at radius 2 is 2.32 bits per heavy atom. The lowest BCUT2D eigenvalue weighted by Crippen LogP contribution is -2.41. The van der Waals surface area contributed by atoms with Crippen molar-refractivity contribution in [3.63, 3.8) is 0 Å². The number of amides is 1. The Bertz CT molecular complexity index is 419. The molecule has 0 atom stereocenters. The van der Waals surface area contributed by atoms with Crippen LogP contribution in [0.25, 0.3) is 0 Å². The van der Waals surface area contributed by atoms with Crippen molar-refractivity contribution in [2.75, 3.05) is 45.3 Å². The summed E-state index contributed by atoms with van der Waals surface area (Å²) in [5.74, 6) is 0.723. The number of hydrogen-bond acceptors (Lipinski definition) is 5. The van der Waals surface area contributed by atoms with Crippen LogP contribution in [0.1, 0.15) is 6.42 Å². The molecule has 1 aromatic heterocycles. The van der Waals surface area contributed by atoms with E-state index in [2.05, 4.69) is 10.3 Å². The smallest absolute Gasteiger partial charge is 0.224 e. The minimum Gasteiger partial charge on any atom is -0.481 e. The lowest BCUT2D eigenvalue weighted by atomic mass is 10.3. The SMILES string of the molecule is COc1cc(NCCC(=O)N2CCOCC2)ccn1. The highest BCUT2D eigenvalue weighted by Crippen LogP contribution is 2.13. The maximum atomic E-state index is 11.9. The summed E-state index contributed by atoms with van der Waals surface area (Å²) >= 11 is 0. The third kappa shape index (κ3) is 4.10. The number of rotatable bonds is 5. The topological polar surface area (TPSA) is 63.7 Å². The van der Waals surface area contributed by atoms with Crippen LogP contribution in [0.15, 0.2) is 18.3 Å². The molecule has 0 aromatic carbocycles. The van der Waals surface area contributed by atoms with E-state index in [0.29, 0.717) is 45.1 Å². The molecule has 0 saturated carbocycles. The second-order valence-corrected chi connectivity index (χ2v) is 4.26. The summed E-state index contributed by atoms with van der Waals surface area (Å²) < 4.78 is 10.3. The summed E-state index contributed by atoms with van der Waals surface area (Å²) in [4.78, 5) is 17.8. The fourth-order valence-electron chi connectivity index (χ4n) is 1.92. The van der Waals surface area contributed by atoms with E-state index in [1.54, 1.807) is 19.4 Å². The number of hydrogen-bond donors (Lipinski definition) is 1. The van der Waals surface area contributed by atoms with Crippen LogP contribution in [0.2, 0.25) is 0 Å². The zero-order valence-corrected chi connectivity index (χ0v) is 11.1. The molecular weight excluding hydrogens is 246 g/mol. The van der Waals surface area contributed by atoms with Crippen LogP contribution in [-0.4, -0.2) is 55.7 Å². The molecule has 104 valence electrons. The van der Waals surface area contributed by atoms with Crippen molar-refractivity contribution < 1.29 is 14.3 Å². The van der Waals surface area contributed by atoms with Gasteiger partial charge in [-0.3, -0.25) is 4.79 Å². The molecular formula is C13H19N3O3. The number of nitrogens with zero attached hydrogens (tertiary/aromatic N) is 2. The lowest BCUT2D eigenvalue weighted by Gasteiger charge is -2.26. The maximum absolute atomic E-state index is 11.9. The number of methoxy groups -OCH3 is 1. The minimum atomic E-state index is 0.164. The highest BCUT2D eigenvalue weighted by Gasteiger charge is 2.15. The zero-order valence-electron chi connectivity index (χ0n) is 11.1. The fourth-order valence-corrected chi connectivity index (χ4v) is 1.92. The molecule has 1 N–H and O–H groups in total. The molecule has 0 aliphatic carbocycles. The van der Waals surface area contributed by atoms with Gasteiger partial charge >= 0.3 is 0 Å². The molecule has 1 aliphatic rings. The Morgan fingerprint density at radius 1 is 1.53 bits per heavy atom. The molecule has 1 fully saturated rings. The van der Waals surface area contributed by atoms with Crippen molar-refractivity contribution in [2.45, 2.75) is 6.42 Å². The quantitative estimate of drug-likeness (QED) is 0.851. The number of anilines is 1. The van der Waals surface area contributed by atoms with E-state index in [9.17, 15) is 4.79 Å². The molecule has 2 heterocycles. The van der Waals surface area contributed by atoms with Crippen molar-refractivity contribution in [1.82, 2.24) is 9.88 Å². The summed E-state index contributed by atoms with van der Waals surface area (Å²) in [6.07, 6.45) is 2.15. The van der Waals surface area contributed by atoms with Crippen molar-refractivity contribution in [2.24, 2.45) is 0 Å². The second-order valence-electron chi connectivity index (χ2n) is 4.26. The second kappa shape index (κ2) is 6.94. The van der Waals surface area contributed by atoms with E-state index in [4.69, 9.17) is 9.47 Å². The number of nitrogens with one attached hydrogen (secondary N) is 1. The van der Waals surface area contributed by atoms with Crippen LogP contribution in [0.5, 0.6) is 5.88 Å². The molecule has 1 saturated heterocycles. The molecule has 0 radical (unpaired) electrons. The van der Waals surface area contributed by atoms with Crippen LogP contribution in [0.4, 0.5) is 5.69 Å². The maximum Gasteiger partial charge on any atom is 0.224 e. The van der Waals surface area contributed by atoms with E-state index >= 15 is 0 Å². The molecule has 1 aromatic rings. The Balaban J connectivity index is 1.74. The molecule has 0 bridgehead atoms. The summed E-state index contributed by atoms with van der Waals surface area (Å²) in [6, 6.07) is 3.65. The number of morpholine rings is 1. The van der Waals surface area contributed by atoms with Crippen molar-refractivity contribution in [1.29, 1.82) is 0 Å². The molecule has 19 heavy (non-hydrogen) atoms. The van der Waals surface area contributed by atoms with Crippen LogP contribution < -0.4 is 10.1 Å². The van der Waals surface area contributed by atoms with Gasteiger partial charge in [-0.15, -0.1) is 0 Å². The van der Waals surface area contributed by atoms with Gasteiger partial charge in [0.1, 0.15) is 0 Å². The predicted octanol–water partition coefficient (Wildman–Crippen LogP) is 0.751. The largest absolute Gasteiger partial charge is 0.481 e. The van der Waals surface area contributed by atoms with Crippen molar-refractivity contribution in [3.05, 3.63) is 18.3 Å². The van der Waals surface area contributed by atoms with Gasteiger partial charge in [0.25, 0.3) is 0 Å². The summed E-state index contributed by atoms with van der Waals surface area (Å²) in [7, 11) is 1.58. The number of pyridine rings is 1. The molecule has 1 aliphatic heterocycles. The molecule has 6 nitrogen and oxygen atoms in total. The monoisotopic (exact) mass is 265 g/mol. The third-order valence-electron chi connectivity index (χ3n) is 2.98. The van der Waals surface area contributed by atoms with E-state index in [1.807, 2.05) is 11.0 Å². The number of carbonyl (C=O) groups is 1. The van der Waals surface area contributed by atoms with Gasteiger partial charge < -0.3 is 19.7 Å². The first-order valence-corrected chi connectivity index (χ1v) is 6.39. The van der Waals surface area contributed by atoms with Gasteiger partial charge in [-0.1, -0.05) is 0 Å². The van der Waals surface area contributed by atoms with E-state index in [-0.39, 0.29) is 5.91 Å². The highest BCUT2D eigenvalue weighted by atomic mass is 16.5. The minimum absolute atomic E-state index is 0.164. The van der Waals surface area contributed by atoms with Crippen molar-refractivity contribution >= 4 is 11.6 Å². The average molecular weight is 265 g/mol. The molecule has 6 heteroatoms. The predicted molar refractivity (Wildman–Crippen MR) is 71.3 cm³/mol. The standard InChI is InChI=1S/C13H19N3O3/c1-18-12-10-11(2-4-15-12)14-5-3-13(17)16-6-8-19-9-7-16/h2,4,10H,3,5-9H2,1H3,(H,14,15). The summed E-state index contributed by atoms with van der Waals surface area (Å²) in [5, 5.41) is 3.19. The van der Waals surface area contributed by atoms with Crippen molar-refractivity contribution in [3.8, 4) is 5.88 Å². The van der Waals surface area contributed by atoms with Gasteiger partial charge in [-0.05, 0) is 6.07 Å². The molecule has 0 unspecified atom stereocenters. The van der Waals surface area contributed by atoms with Crippen LogP contribution in [-0.2, 0) is 9.53 Å². The first kappa shape index (κ1) is 13.6. The normalized spacial score (nSPS) is 15.1. The number of aromatic nitrogens is 1. The summed E-state index contributed by atoms with van der Waals surface area (Å²) in [6.45, 7) is 3.27. The lowest BCUT2D eigenvalue weighted by molar-refractivity contribution is -0.134. The van der Waals surface area contributed by atoms with Crippen LogP contribution in [0.3, 0.4) is 0 Å². The van der Waals surface area contributed by atoms with Gasteiger partial charge in [0, 0.05) is 44.0 Å². The van der Waals surface area contributed by atoms with E-state index < -0.39 is 0 Å². The molecule has 0 spiro atoms. The van der Waals surface area contributed by atoms with Crippen LogP contribution in [0, 0.1) is 0 Å². The van der Waals surface area contributed by atoms with Gasteiger partial charge in [0.2, 0.25) is 11.8 Å². The Labute approximate surface area is 112 Å². The molecule has 2 rings (SSSR count). The fraction of sp³-hybridized carbons (Fsp3) is 0.538. The number of ether oxygens (including phenoxy) is 2. The van der Waals surface area contributed by atoms with Gasteiger partial charge in [0.05, 0.1) is 20.3 Å². The van der Waals surface area contributed by atoms with E-state index in [0.717, 1.165) is 5.69 Å². The molecule has 1 amide bonds. The Morgan fingerprint density at radius 3 is 3.05 bits per heavy atom. The Hall–Kier alpha value is -1.82. The Kier molecular flexibility index (Phi) is 4.97. The van der Waals surface area contributed by atoms with Gasteiger partial charge in [0.15, 0.2) is 0 Å². The third-order valence-corrected chi connectivity index (χ3v) is 2.98. The zero-order chi connectivity index (χ0) is 13.5. The van der Waals surface area contributed by atoms with Gasteiger partial charge in [-0.2, -0.15) is 0 Å². The number of carbonyl (C=O) groups excluding carboxylic acids is 1. The summed E-state index contributed by atoms with van der Waals surface area (Å²) in [5.41, 5.74) is 0.904. The van der Waals surface area contributed by atoms with Crippen LogP contribution >= 0.6 is 0 Å². The van der Waals surface area contributed by atoms with Gasteiger partial charge in [-0.25, -0.2) is 4.98 Å². The highest BCUT2D eigenvalue weighted by molar-refractivity contribution is 5.76.